The summed E-state index contributed by atoms with van der Waals surface area (Å²) in [7, 11) is 0. The molecule has 5 rings (SSSR count). The number of H-pyrrole nitrogens is 1. The number of aromatic amines is 1. The van der Waals surface area contributed by atoms with Gasteiger partial charge in [0.2, 0.25) is 5.95 Å². The molecule has 0 aliphatic carbocycles. The van der Waals surface area contributed by atoms with E-state index >= 15 is 0 Å². The molecule has 1 aliphatic heterocycles. The van der Waals surface area contributed by atoms with Crippen molar-refractivity contribution >= 4 is 11.6 Å². The van der Waals surface area contributed by atoms with Gasteiger partial charge in [-0.15, -0.1) is 0 Å². The van der Waals surface area contributed by atoms with Crippen molar-refractivity contribution in [2.45, 2.75) is 18.8 Å². The van der Waals surface area contributed by atoms with Crippen LogP contribution in [0.4, 0.5) is 16.0 Å². The molecule has 0 amide bonds. The van der Waals surface area contributed by atoms with Crippen molar-refractivity contribution in [1.29, 1.82) is 0 Å². The maximum atomic E-state index is 13.5. The fraction of sp³-hybridized carbons (Fsp3) is 0.208. The van der Waals surface area contributed by atoms with E-state index in [1.165, 1.54) is 12.1 Å². The molecule has 1 saturated heterocycles. The molecule has 2 aromatic carbocycles. The first kappa shape index (κ1) is 19.4. The number of piperidine rings is 1. The molecule has 6 nitrogen and oxygen atoms in total. The molecule has 1 aliphatic rings. The van der Waals surface area contributed by atoms with Gasteiger partial charge in [0, 0.05) is 23.4 Å². The van der Waals surface area contributed by atoms with Crippen molar-refractivity contribution in [3.8, 4) is 22.6 Å². The van der Waals surface area contributed by atoms with Crippen LogP contribution in [0, 0.1) is 5.82 Å². The average Bonchev–Trinajstić information content (AvgIpc) is 3.27. The molecule has 2 aromatic heterocycles. The van der Waals surface area contributed by atoms with Crippen molar-refractivity contribution in [1.82, 2.24) is 25.3 Å². The Hall–Kier alpha value is -3.58. The van der Waals surface area contributed by atoms with Crippen molar-refractivity contribution < 1.29 is 4.39 Å². The number of para-hydroxylation sites is 1. The van der Waals surface area contributed by atoms with E-state index < -0.39 is 0 Å². The van der Waals surface area contributed by atoms with Gasteiger partial charge in [-0.3, -0.25) is 0 Å². The molecule has 0 atom stereocenters. The third-order valence-electron chi connectivity index (χ3n) is 5.51. The van der Waals surface area contributed by atoms with Gasteiger partial charge in [0.15, 0.2) is 0 Å². The van der Waals surface area contributed by atoms with E-state index in [0.29, 0.717) is 11.9 Å². The van der Waals surface area contributed by atoms with Crippen LogP contribution in [0.15, 0.2) is 66.9 Å². The van der Waals surface area contributed by atoms with Gasteiger partial charge in [-0.25, -0.2) is 19.3 Å². The van der Waals surface area contributed by atoms with Gasteiger partial charge in [-0.2, -0.15) is 0 Å². The van der Waals surface area contributed by atoms with Gasteiger partial charge in [-0.1, -0.05) is 18.2 Å². The van der Waals surface area contributed by atoms with E-state index in [4.69, 9.17) is 9.97 Å². The summed E-state index contributed by atoms with van der Waals surface area (Å²) in [4.78, 5) is 17.5. The fourth-order valence-corrected chi connectivity index (χ4v) is 3.89. The van der Waals surface area contributed by atoms with Gasteiger partial charge in [-0.05, 0) is 68.4 Å². The molecule has 3 heterocycles. The number of halogens is 1. The molecule has 1 fully saturated rings. The van der Waals surface area contributed by atoms with Crippen molar-refractivity contribution in [3.63, 3.8) is 0 Å². The predicted octanol–water partition coefficient (Wildman–Crippen LogP) is 4.88. The Bertz CT molecular complexity index is 1150. The zero-order valence-electron chi connectivity index (χ0n) is 17.0. The zero-order valence-corrected chi connectivity index (χ0v) is 17.0. The number of nitrogens with one attached hydrogen (secondary N) is 3. The Morgan fingerprint density at radius 2 is 1.68 bits per heavy atom. The molecule has 31 heavy (non-hydrogen) atoms. The van der Waals surface area contributed by atoms with Gasteiger partial charge in [0.25, 0.3) is 0 Å². The van der Waals surface area contributed by atoms with Crippen molar-refractivity contribution in [2.24, 2.45) is 0 Å². The molecule has 0 bridgehead atoms. The van der Waals surface area contributed by atoms with Crippen LogP contribution in [-0.4, -0.2) is 33.0 Å². The molecule has 156 valence electrons. The van der Waals surface area contributed by atoms with E-state index in [-0.39, 0.29) is 5.82 Å². The number of hydrogen-bond acceptors (Lipinski definition) is 5. The third-order valence-corrected chi connectivity index (χ3v) is 5.51. The second-order valence-corrected chi connectivity index (χ2v) is 7.63. The van der Waals surface area contributed by atoms with Crippen LogP contribution in [0.5, 0.6) is 0 Å². The molecular weight excluding hydrogens is 391 g/mol. The highest BCUT2D eigenvalue weighted by atomic mass is 19.1. The SMILES string of the molecule is Fc1ccc(-c2nc(C3CCNCC3)[nH]c2-c2ccnc(Nc3ccccc3)n2)cc1. The lowest BCUT2D eigenvalue weighted by Crippen LogP contribution is -2.27. The van der Waals surface area contributed by atoms with Gasteiger partial charge in [0.1, 0.15) is 11.6 Å². The number of anilines is 2. The highest BCUT2D eigenvalue weighted by Crippen LogP contribution is 2.33. The molecule has 0 spiro atoms. The van der Waals surface area contributed by atoms with E-state index in [2.05, 4.69) is 20.6 Å². The molecule has 0 unspecified atom stereocenters. The highest BCUT2D eigenvalue weighted by Gasteiger charge is 2.23. The lowest BCUT2D eigenvalue weighted by Gasteiger charge is -2.20. The minimum absolute atomic E-state index is 0.268. The van der Waals surface area contributed by atoms with Gasteiger partial charge < -0.3 is 15.6 Å². The lowest BCUT2D eigenvalue weighted by molar-refractivity contribution is 0.447. The normalized spacial score (nSPS) is 14.5. The van der Waals surface area contributed by atoms with Gasteiger partial charge in [0.05, 0.1) is 17.1 Å². The van der Waals surface area contributed by atoms with E-state index in [9.17, 15) is 4.39 Å². The summed E-state index contributed by atoms with van der Waals surface area (Å²) >= 11 is 0. The van der Waals surface area contributed by atoms with Crippen molar-refractivity contribution in [2.75, 3.05) is 18.4 Å². The number of hydrogen-bond donors (Lipinski definition) is 3. The summed E-state index contributed by atoms with van der Waals surface area (Å²) in [6.07, 6.45) is 3.79. The maximum Gasteiger partial charge on any atom is 0.227 e. The maximum absolute atomic E-state index is 13.5. The second-order valence-electron chi connectivity index (χ2n) is 7.63. The van der Waals surface area contributed by atoms with E-state index in [1.807, 2.05) is 36.4 Å². The average molecular weight is 414 g/mol. The number of imidazole rings is 1. The summed E-state index contributed by atoms with van der Waals surface area (Å²) in [5.41, 5.74) is 4.10. The lowest BCUT2D eigenvalue weighted by atomic mass is 9.98. The standard InChI is InChI=1S/C24H23FN6/c25-18-8-6-16(7-9-18)21-22(31-23(30-21)17-10-13-26-14-11-17)20-12-15-27-24(29-20)28-19-4-2-1-3-5-19/h1-9,12,15,17,26H,10-11,13-14H2,(H,30,31)(H,27,28,29). The third kappa shape index (κ3) is 4.32. The van der Waals surface area contributed by atoms with Crippen LogP contribution in [0.2, 0.25) is 0 Å². The summed E-state index contributed by atoms with van der Waals surface area (Å²) < 4.78 is 13.5. The second kappa shape index (κ2) is 8.65. The van der Waals surface area contributed by atoms with Crippen LogP contribution in [0.1, 0.15) is 24.6 Å². The highest BCUT2D eigenvalue weighted by molar-refractivity contribution is 5.77. The predicted molar refractivity (Wildman–Crippen MR) is 120 cm³/mol. The first-order valence-corrected chi connectivity index (χ1v) is 10.5. The Morgan fingerprint density at radius 3 is 2.45 bits per heavy atom. The molecular formula is C24H23FN6. The largest absolute Gasteiger partial charge is 0.340 e. The number of rotatable bonds is 5. The zero-order chi connectivity index (χ0) is 21.0. The van der Waals surface area contributed by atoms with Crippen LogP contribution >= 0.6 is 0 Å². The van der Waals surface area contributed by atoms with E-state index in [0.717, 1.165) is 60.1 Å². The summed E-state index contributed by atoms with van der Waals surface area (Å²) in [6, 6.07) is 18.1. The molecule has 4 aromatic rings. The Morgan fingerprint density at radius 1 is 0.903 bits per heavy atom. The fourth-order valence-electron chi connectivity index (χ4n) is 3.89. The smallest absolute Gasteiger partial charge is 0.227 e. The summed E-state index contributed by atoms with van der Waals surface area (Å²) in [5, 5.41) is 6.63. The summed E-state index contributed by atoms with van der Waals surface area (Å²) in [5.74, 6) is 1.55. The Kier molecular flexibility index (Phi) is 5.41. The van der Waals surface area contributed by atoms with Gasteiger partial charge >= 0.3 is 0 Å². The molecule has 0 saturated carbocycles. The minimum Gasteiger partial charge on any atom is -0.340 e. The number of nitrogens with zero attached hydrogens (tertiary/aromatic N) is 3. The Balaban J connectivity index is 1.54. The van der Waals surface area contributed by atoms with E-state index in [1.54, 1.807) is 18.3 Å². The summed E-state index contributed by atoms with van der Waals surface area (Å²) in [6.45, 7) is 1.95. The molecule has 3 N–H and O–H groups in total. The van der Waals surface area contributed by atoms with Crippen LogP contribution in [0.3, 0.4) is 0 Å². The number of benzene rings is 2. The van der Waals surface area contributed by atoms with Crippen LogP contribution < -0.4 is 10.6 Å². The Labute approximate surface area is 180 Å². The topological polar surface area (TPSA) is 78.5 Å². The molecule has 0 radical (unpaired) electrons. The number of aromatic nitrogens is 4. The van der Waals surface area contributed by atoms with Crippen LogP contribution in [0.25, 0.3) is 22.6 Å². The van der Waals surface area contributed by atoms with Crippen molar-refractivity contribution in [3.05, 3.63) is 78.5 Å². The first-order valence-electron chi connectivity index (χ1n) is 10.5. The first-order chi connectivity index (χ1) is 15.3. The quantitative estimate of drug-likeness (QED) is 0.434. The molecule has 7 heteroatoms. The monoisotopic (exact) mass is 414 g/mol. The minimum atomic E-state index is -0.268. The van der Waals surface area contributed by atoms with Crippen LogP contribution in [-0.2, 0) is 0 Å².